The lowest BCUT2D eigenvalue weighted by molar-refractivity contribution is -0.140. The summed E-state index contributed by atoms with van der Waals surface area (Å²) in [4.78, 5) is 28.6. The number of hydrogen-bond acceptors (Lipinski definition) is 4. The molecule has 38 heavy (non-hydrogen) atoms. The highest BCUT2D eigenvalue weighted by molar-refractivity contribution is 7.92. The third-order valence-electron chi connectivity index (χ3n) is 6.24. The van der Waals surface area contributed by atoms with Crippen LogP contribution in [0.15, 0.2) is 83.8 Å². The molecule has 3 aromatic carbocycles. The monoisotopic (exact) mass is 555 g/mol. The third-order valence-corrected chi connectivity index (χ3v) is 8.27. The molecule has 0 fully saturated rings. The van der Waals surface area contributed by atoms with Crippen LogP contribution in [0.3, 0.4) is 0 Å². The molecule has 2 amide bonds. The molecule has 0 radical (unpaired) electrons. The molecule has 202 valence electrons. The van der Waals surface area contributed by atoms with E-state index in [1.165, 1.54) is 23.1 Å². The van der Waals surface area contributed by atoms with Crippen LogP contribution in [0.1, 0.15) is 37.8 Å². The van der Waals surface area contributed by atoms with Crippen molar-refractivity contribution < 1.29 is 18.0 Å². The van der Waals surface area contributed by atoms with E-state index >= 15 is 0 Å². The number of carbonyl (C=O) groups excluding carboxylic acids is 2. The van der Waals surface area contributed by atoms with Gasteiger partial charge in [-0.15, -0.1) is 0 Å². The molecule has 0 aliphatic rings. The van der Waals surface area contributed by atoms with Gasteiger partial charge in [-0.25, -0.2) is 8.42 Å². The molecule has 0 heterocycles. The van der Waals surface area contributed by atoms with Crippen LogP contribution in [0.4, 0.5) is 5.69 Å². The first-order valence-corrected chi connectivity index (χ1v) is 14.5. The zero-order valence-corrected chi connectivity index (χ0v) is 23.5. The van der Waals surface area contributed by atoms with Gasteiger partial charge in [0.1, 0.15) is 12.6 Å². The first kappa shape index (κ1) is 29.2. The lowest BCUT2D eigenvalue weighted by atomic mass is 10.1. The van der Waals surface area contributed by atoms with Crippen molar-refractivity contribution in [3.05, 3.63) is 95.0 Å². The molecule has 0 bridgehead atoms. The van der Waals surface area contributed by atoms with Crippen LogP contribution in [0.5, 0.6) is 0 Å². The van der Waals surface area contributed by atoms with E-state index in [4.69, 9.17) is 11.6 Å². The fourth-order valence-corrected chi connectivity index (χ4v) is 5.75. The molecule has 7 nitrogen and oxygen atoms in total. The Kier molecular flexibility index (Phi) is 10.3. The predicted octanol–water partition coefficient (Wildman–Crippen LogP) is 5.18. The van der Waals surface area contributed by atoms with Gasteiger partial charge in [-0.3, -0.25) is 13.9 Å². The van der Waals surface area contributed by atoms with Crippen molar-refractivity contribution in [2.75, 3.05) is 17.4 Å². The van der Waals surface area contributed by atoms with Crippen molar-refractivity contribution in [3.8, 4) is 0 Å². The van der Waals surface area contributed by atoms with Gasteiger partial charge >= 0.3 is 0 Å². The van der Waals surface area contributed by atoms with E-state index < -0.39 is 28.5 Å². The number of aryl methyl sites for hydroxylation is 1. The highest BCUT2D eigenvalue weighted by Gasteiger charge is 2.33. The molecule has 0 unspecified atom stereocenters. The minimum absolute atomic E-state index is 0.0472. The maximum atomic E-state index is 14.0. The molecular formula is C29H34ClN3O4S. The normalized spacial score (nSPS) is 12.0. The quantitative estimate of drug-likeness (QED) is 0.334. The summed E-state index contributed by atoms with van der Waals surface area (Å²) in [6.45, 7) is 5.88. The number of benzene rings is 3. The first-order valence-electron chi connectivity index (χ1n) is 12.6. The molecule has 0 aliphatic carbocycles. The minimum Gasteiger partial charge on any atom is -0.354 e. The Morgan fingerprint density at radius 2 is 1.63 bits per heavy atom. The second-order valence-corrected chi connectivity index (χ2v) is 11.3. The molecule has 0 spiro atoms. The van der Waals surface area contributed by atoms with Crippen molar-refractivity contribution >= 4 is 39.1 Å². The Morgan fingerprint density at radius 3 is 2.26 bits per heavy atom. The van der Waals surface area contributed by atoms with Crippen molar-refractivity contribution in [2.45, 2.75) is 51.1 Å². The van der Waals surface area contributed by atoms with Crippen molar-refractivity contribution in [1.82, 2.24) is 10.2 Å². The van der Waals surface area contributed by atoms with E-state index in [-0.39, 0.29) is 23.0 Å². The number of carbonyl (C=O) groups is 2. The van der Waals surface area contributed by atoms with Gasteiger partial charge in [0.15, 0.2) is 0 Å². The average Bonchev–Trinajstić information content (AvgIpc) is 2.91. The summed E-state index contributed by atoms with van der Waals surface area (Å²) in [6, 6.07) is 21.2. The number of halogens is 1. The molecule has 3 rings (SSSR count). The van der Waals surface area contributed by atoms with Crippen LogP contribution >= 0.6 is 11.6 Å². The smallest absolute Gasteiger partial charge is 0.264 e. The second-order valence-electron chi connectivity index (χ2n) is 8.97. The molecule has 1 N–H and O–H groups in total. The summed E-state index contributed by atoms with van der Waals surface area (Å²) in [6.07, 6.45) is 1.13. The number of amides is 2. The second kappa shape index (κ2) is 13.4. The standard InChI is InChI=1S/C29H34ClN3O4S/c1-4-18-31-29(35)27(5-2)32(20-23-13-10-9-12-22(23)3)28(34)21-33(25-15-11-14-24(30)19-25)38(36,37)26-16-7-6-8-17-26/h6-17,19,27H,4-5,18,20-21H2,1-3H3,(H,31,35)/t27-/m0/s1. The predicted molar refractivity (Wildman–Crippen MR) is 152 cm³/mol. The Morgan fingerprint density at radius 1 is 0.947 bits per heavy atom. The van der Waals surface area contributed by atoms with Gasteiger partial charge in [0.2, 0.25) is 11.8 Å². The number of anilines is 1. The largest absolute Gasteiger partial charge is 0.354 e. The number of hydrogen-bond donors (Lipinski definition) is 1. The van der Waals surface area contributed by atoms with Crippen molar-refractivity contribution in [2.24, 2.45) is 0 Å². The lowest BCUT2D eigenvalue weighted by Gasteiger charge is -2.33. The Labute approximate surface area is 230 Å². The van der Waals surface area contributed by atoms with E-state index in [0.29, 0.717) is 18.0 Å². The fraction of sp³-hybridized carbons (Fsp3) is 0.310. The Balaban J connectivity index is 2.05. The van der Waals surface area contributed by atoms with Crippen molar-refractivity contribution in [3.63, 3.8) is 0 Å². The molecule has 9 heteroatoms. The summed E-state index contributed by atoms with van der Waals surface area (Å²) < 4.78 is 28.6. The molecule has 0 aromatic heterocycles. The van der Waals surface area contributed by atoms with Crippen LogP contribution < -0.4 is 9.62 Å². The summed E-state index contributed by atoms with van der Waals surface area (Å²) >= 11 is 6.20. The van der Waals surface area contributed by atoms with E-state index in [2.05, 4.69) is 5.32 Å². The summed E-state index contributed by atoms with van der Waals surface area (Å²) in [5.74, 6) is -0.761. The molecule has 0 aliphatic heterocycles. The SMILES string of the molecule is CCCNC(=O)[C@H](CC)N(Cc1ccccc1C)C(=O)CN(c1cccc(Cl)c1)S(=O)(=O)c1ccccc1. The summed E-state index contributed by atoms with van der Waals surface area (Å²) in [5.41, 5.74) is 2.11. The van der Waals surface area contributed by atoms with Gasteiger partial charge in [0, 0.05) is 18.1 Å². The zero-order chi connectivity index (χ0) is 27.7. The van der Waals surface area contributed by atoms with Gasteiger partial charge < -0.3 is 10.2 Å². The molecule has 0 saturated heterocycles. The van der Waals surface area contributed by atoms with Gasteiger partial charge in [-0.2, -0.15) is 0 Å². The average molecular weight is 556 g/mol. The Hall–Kier alpha value is -3.36. The van der Waals surface area contributed by atoms with Gasteiger partial charge in [-0.1, -0.05) is 74.0 Å². The Bertz CT molecular complexity index is 1350. The van der Waals surface area contributed by atoms with E-state index in [9.17, 15) is 18.0 Å². The minimum atomic E-state index is -4.12. The van der Waals surface area contributed by atoms with Crippen LogP contribution in [0.25, 0.3) is 0 Å². The van der Waals surface area contributed by atoms with Crippen LogP contribution in [0.2, 0.25) is 5.02 Å². The van der Waals surface area contributed by atoms with Crippen LogP contribution in [-0.2, 0) is 26.2 Å². The van der Waals surface area contributed by atoms with E-state index in [0.717, 1.165) is 21.9 Å². The third kappa shape index (κ3) is 7.14. The lowest BCUT2D eigenvalue weighted by Crippen LogP contribution is -2.52. The van der Waals surface area contributed by atoms with Gasteiger partial charge in [0.25, 0.3) is 10.0 Å². The molecule has 1 atom stereocenters. The number of nitrogens with zero attached hydrogens (tertiary/aromatic N) is 2. The zero-order valence-electron chi connectivity index (χ0n) is 21.9. The maximum absolute atomic E-state index is 14.0. The molecule has 3 aromatic rings. The topological polar surface area (TPSA) is 86.8 Å². The van der Waals surface area contributed by atoms with E-state index in [1.54, 1.807) is 36.4 Å². The first-order chi connectivity index (χ1) is 18.2. The highest BCUT2D eigenvalue weighted by atomic mass is 35.5. The van der Waals surface area contributed by atoms with Gasteiger partial charge in [0.05, 0.1) is 10.6 Å². The number of nitrogens with one attached hydrogen (secondary N) is 1. The van der Waals surface area contributed by atoms with E-state index in [1.807, 2.05) is 45.0 Å². The van der Waals surface area contributed by atoms with Crippen molar-refractivity contribution in [1.29, 1.82) is 0 Å². The number of sulfonamides is 1. The molecular weight excluding hydrogens is 522 g/mol. The van der Waals surface area contributed by atoms with Crippen LogP contribution in [0, 0.1) is 6.92 Å². The fourth-order valence-electron chi connectivity index (χ4n) is 4.14. The molecule has 0 saturated carbocycles. The van der Waals surface area contributed by atoms with Crippen LogP contribution in [-0.4, -0.2) is 44.3 Å². The number of rotatable bonds is 12. The maximum Gasteiger partial charge on any atom is 0.264 e. The van der Waals surface area contributed by atoms with Gasteiger partial charge in [-0.05, 0) is 61.2 Å². The summed E-state index contributed by atoms with van der Waals surface area (Å²) in [7, 11) is -4.12. The summed E-state index contributed by atoms with van der Waals surface area (Å²) in [5, 5.41) is 3.22. The highest BCUT2D eigenvalue weighted by Crippen LogP contribution is 2.27.